The molecule has 0 aromatic heterocycles. The Morgan fingerprint density at radius 2 is 1.86 bits per heavy atom. The highest BCUT2D eigenvalue weighted by atomic mass is 16.2. The average molecular weight is 299 g/mol. The molecule has 22 heavy (non-hydrogen) atoms. The number of para-hydroxylation sites is 1. The molecule has 0 radical (unpaired) electrons. The first kappa shape index (κ1) is 14.5. The standard InChI is InChI=1S/C16H17N3O3/c1-18-9-10-19(15(22)14(18)21)13-6-3-2-5-12(13)16(17-11-20)7-4-8-16/h2-3,5-6H,4,7-10H2,1H3. The van der Waals surface area contributed by atoms with E-state index in [-0.39, 0.29) is 0 Å². The van der Waals surface area contributed by atoms with Gasteiger partial charge in [-0.05, 0) is 25.3 Å². The maximum Gasteiger partial charge on any atom is 0.316 e. The van der Waals surface area contributed by atoms with Crippen LogP contribution in [-0.4, -0.2) is 42.9 Å². The Labute approximate surface area is 128 Å². The Kier molecular flexibility index (Phi) is 3.54. The molecule has 2 amide bonds. The third-order valence-corrected chi connectivity index (χ3v) is 4.57. The number of rotatable bonds is 3. The smallest absolute Gasteiger partial charge is 0.316 e. The normalized spacial score (nSPS) is 20.4. The number of benzene rings is 1. The quantitative estimate of drug-likeness (QED) is 0.478. The van der Waals surface area contributed by atoms with E-state index in [9.17, 15) is 14.4 Å². The van der Waals surface area contributed by atoms with Gasteiger partial charge in [-0.3, -0.25) is 9.59 Å². The molecular weight excluding hydrogens is 282 g/mol. The molecule has 1 aliphatic heterocycles. The van der Waals surface area contributed by atoms with E-state index in [0.29, 0.717) is 18.8 Å². The molecule has 1 heterocycles. The topological polar surface area (TPSA) is 70.0 Å². The van der Waals surface area contributed by atoms with Gasteiger partial charge in [-0.2, -0.15) is 4.99 Å². The minimum Gasteiger partial charge on any atom is -0.336 e. The van der Waals surface area contributed by atoms with E-state index in [4.69, 9.17) is 0 Å². The van der Waals surface area contributed by atoms with Crippen molar-refractivity contribution in [1.29, 1.82) is 0 Å². The number of hydrogen-bond donors (Lipinski definition) is 0. The number of carbonyl (C=O) groups excluding carboxylic acids is 3. The first-order valence-electron chi connectivity index (χ1n) is 7.34. The number of likely N-dealkylation sites (N-methyl/N-ethyl adjacent to an activating group) is 1. The average Bonchev–Trinajstić information content (AvgIpc) is 2.49. The summed E-state index contributed by atoms with van der Waals surface area (Å²) in [6.45, 7) is 0.932. The summed E-state index contributed by atoms with van der Waals surface area (Å²) in [6, 6.07) is 7.38. The number of isocyanates is 1. The van der Waals surface area contributed by atoms with Gasteiger partial charge in [0.2, 0.25) is 6.08 Å². The molecule has 2 fully saturated rings. The lowest BCUT2D eigenvalue weighted by Crippen LogP contribution is -2.53. The first-order valence-corrected chi connectivity index (χ1v) is 7.34. The minimum absolute atomic E-state index is 0.443. The molecule has 0 spiro atoms. The number of aliphatic imine (C=N–C) groups is 1. The van der Waals surface area contributed by atoms with Crippen LogP contribution in [0.3, 0.4) is 0 Å². The zero-order valence-corrected chi connectivity index (χ0v) is 12.4. The van der Waals surface area contributed by atoms with Gasteiger partial charge in [0.05, 0.1) is 0 Å². The Morgan fingerprint density at radius 3 is 2.50 bits per heavy atom. The summed E-state index contributed by atoms with van der Waals surface area (Å²) in [6.07, 6.45) is 4.16. The molecule has 1 aromatic carbocycles. The number of piperazine rings is 1. The molecule has 1 saturated heterocycles. The highest BCUT2D eigenvalue weighted by molar-refractivity contribution is 6.41. The maximum atomic E-state index is 12.3. The van der Waals surface area contributed by atoms with Crippen molar-refractivity contribution >= 4 is 23.6 Å². The van der Waals surface area contributed by atoms with Crippen LogP contribution in [0.15, 0.2) is 29.3 Å². The third-order valence-electron chi connectivity index (χ3n) is 4.57. The lowest BCUT2D eigenvalue weighted by atomic mass is 9.71. The molecule has 0 bridgehead atoms. The third kappa shape index (κ3) is 2.12. The second-order valence-electron chi connectivity index (χ2n) is 5.79. The van der Waals surface area contributed by atoms with Crippen LogP contribution in [0, 0.1) is 0 Å². The van der Waals surface area contributed by atoms with Crippen LogP contribution in [0.4, 0.5) is 5.69 Å². The first-order chi connectivity index (χ1) is 10.6. The summed E-state index contributed by atoms with van der Waals surface area (Å²) >= 11 is 0. The van der Waals surface area contributed by atoms with Gasteiger partial charge < -0.3 is 9.80 Å². The number of carbonyl (C=O) groups is 2. The van der Waals surface area contributed by atoms with Crippen LogP contribution in [0.1, 0.15) is 24.8 Å². The fraction of sp³-hybridized carbons (Fsp3) is 0.438. The maximum absolute atomic E-state index is 12.3. The monoisotopic (exact) mass is 299 g/mol. The van der Waals surface area contributed by atoms with Crippen LogP contribution in [0.25, 0.3) is 0 Å². The van der Waals surface area contributed by atoms with E-state index in [1.807, 2.05) is 24.3 Å². The van der Waals surface area contributed by atoms with E-state index in [1.165, 1.54) is 9.80 Å². The Balaban J connectivity index is 2.04. The van der Waals surface area contributed by atoms with Crippen molar-refractivity contribution in [2.75, 3.05) is 25.0 Å². The van der Waals surface area contributed by atoms with Gasteiger partial charge in [0.15, 0.2) is 0 Å². The molecular formula is C16H17N3O3. The molecule has 114 valence electrons. The zero-order chi connectivity index (χ0) is 15.7. The molecule has 0 N–H and O–H groups in total. The number of nitrogens with zero attached hydrogens (tertiary/aromatic N) is 3. The van der Waals surface area contributed by atoms with Gasteiger partial charge in [0.25, 0.3) is 0 Å². The predicted molar refractivity (Wildman–Crippen MR) is 80.1 cm³/mol. The van der Waals surface area contributed by atoms with Crippen molar-refractivity contribution in [1.82, 2.24) is 4.90 Å². The molecule has 1 aromatic rings. The Hall–Kier alpha value is -2.46. The van der Waals surface area contributed by atoms with Crippen LogP contribution in [0.2, 0.25) is 0 Å². The van der Waals surface area contributed by atoms with Crippen molar-refractivity contribution in [3.05, 3.63) is 29.8 Å². The van der Waals surface area contributed by atoms with Crippen molar-refractivity contribution in [2.45, 2.75) is 24.8 Å². The van der Waals surface area contributed by atoms with E-state index in [2.05, 4.69) is 4.99 Å². The molecule has 6 nitrogen and oxygen atoms in total. The van der Waals surface area contributed by atoms with E-state index in [0.717, 1.165) is 24.8 Å². The van der Waals surface area contributed by atoms with Crippen molar-refractivity contribution in [2.24, 2.45) is 4.99 Å². The summed E-state index contributed by atoms with van der Waals surface area (Å²) in [5.74, 6) is -1.05. The second-order valence-corrected chi connectivity index (χ2v) is 5.79. The lowest BCUT2D eigenvalue weighted by molar-refractivity contribution is -0.145. The zero-order valence-electron chi connectivity index (χ0n) is 12.4. The molecule has 1 saturated carbocycles. The lowest BCUT2D eigenvalue weighted by Gasteiger charge is -2.41. The van der Waals surface area contributed by atoms with Crippen molar-refractivity contribution in [3.8, 4) is 0 Å². The van der Waals surface area contributed by atoms with E-state index < -0.39 is 17.4 Å². The van der Waals surface area contributed by atoms with Gasteiger partial charge >= 0.3 is 11.8 Å². The van der Waals surface area contributed by atoms with Crippen molar-refractivity contribution < 1.29 is 14.4 Å². The number of anilines is 1. The molecule has 2 aliphatic rings. The fourth-order valence-electron chi connectivity index (χ4n) is 3.10. The predicted octanol–water partition coefficient (Wildman–Crippen LogP) is 1.21. The number of hydrogen-bond acceptors (Lipinski definition) is 4. The van der Waals surface area contributed by atoms with Gasteiger partial charge in [-0.15, -0.1) is 0 Å². The molecule has 0 unspecified atom stereocenters. The van der Waals surface area contributed by atoms with Gasteiger partial charge in [0, 0.05) is 31.4 Å². The molecule has 0 atom stereocenters. The summed E-state index contributed by atoms with van der Waals surface area (Å²) in [5.41, 5.74) is 0.910. The summed E-state index contributed by atoms with van der Waals surface area (Å²) in [4.78, 5) is 42.0. The van der Waals surface area contributed by atoms with E-state index in [1.54, 1.807) is 13.1 Å². The molecule has 1 aliphatic carbocycles. The minimum atomic E-state index is -0.592. The number of amides is 2. The van der Waals surface area contributed by atoms with Crippen LogP contribution < -0.4 is 4.90 Å². The fourth-order valence-corrected chi connectivity index (χ4v) is 3.10. The van der Waals surface area contributed by atoms with Crippen LogP contribution in [0.5, 0.6) is 0 Å². The largest absolute Gasteiger partial charge is 0.336 e. The summed E-state index contributed by atoms with van der Waals surface area (Å²) in [5, 5.41) is 0. The molecule has 3 rings (SSSR count). The SMILES string of the molecule is CN1CCN(c2ccccc2C2(N=C=O)CCC2)C(=O)C1=O. The van der Waals surface area contributed by atoms with Gasteiger partial charge in [-0.1, -0.05) is 18.2 Å². The Morgan fingerprint density at radius 1 is 1.14 bits per heavy atom. The van der Waals surface area contributed by atoms with Crippen LogP contribution in [-0.2, 0) is 19.9 Å². The second kappa shape index (κ2) is 5.39. The highest BCUT2D eigenvalue weighted by Gasteiger charge is 2.42. The highest BCUT2D eigenvalue weighted by Crippen LogP contribution is 2.48. The van der Waals surface area contributed by atoms with Gasteiger partial charge in [0.1, 0.15) is 5.54 Å². The summed E-state index contributed by atoms with van der Waals surface area (Å²) < 4.78 is 0. The van der Waals surface area contributed by atoms with Crippen LogP contribution >= 0.6 is 0 Å². The van der Waals surface area contributed by atoms with Crippen molar-refractivity contribution in [3.63, 3.8) is 0 Å². The molecule has 6 heteroatoms. The Bertz CT molecular complexity index is 675. The van der Waals surface area contributed by atoms with Gasteiger partial charge in [-0.25, -0.2) is 4.79 Å². The van der Waals surface area contributed by atoms with E-state index >= 15 is 0 Å². The summed E-state index contributed by atoms with van der Waals surface area (Å²) in [7, 11) is 1.62.